The smallest absolute Gasteiger partial charge is 0.154 e. The molecule has 0 aliphatic rings. The molecule has 0 fully saturated rings. The van der Waals surface area contributed by atoms with Gasteiger partial charge < -0.3 is 15.6 Å². The quantitative estimate of drug-likeness (QED) is 0.812. The van der Waals surface area contributed by atoms with Crippen LogP contribution in [0, 0.1) is 0 Å². The first-order chi connectivity index (χ1) is 8.06. The van der Waals surface area contributed by atoms with Crippen molar-refractivity contribution < 1.29 is 0 Å². The number of hydrogen-bond donors (Lipinski definition) is 2. The summed E-state index contributed by atoms with van der Waals surface area (Å²) in [5.74, 6) is 1.43. The van der Waals surface area contributed by atoms with Crippen LogP contribution in [0.15, 0.2) is 18.5 Å². The van der Waals surface area contributed by atoms with Crippen LogP contribution >= 0.6 is 11.6 Å². The van der Waals surface area contributed by atoms with E-state index in [0.717, 1.165) is 5.82 Å². The van der Waals surface area contributed by atoms with E-state index in [-0.39, 0.29) is 6.04 Å². The van der Waals surface area contributed by atoms with Crippen LogP contribution in [-0.2, 0) is 7.05 Å². The second kappa shape index (κ2) is 4.58. The molecule has 1 atom stereocenters. The maximum Gasteiger partial charge on any atom is 0.154 e. The largest absolute Gasteiger partial charge is 0.399 e. The topological polar surface area (TPSA) is 81.7 Å². The molecule has 0 amide bonds. The predicted molar refractivity (Wildman–Crippen MR) is 66.7 cm³/mol. The number of anilines is 2. The van der Waals surface area contributed by atoms with Crippen molar-refractivity contribution in [1.82, 2.24) is 19.7 Å². The molecule has 90 valence electrons. The minimum atomic E-state index is -0.0344. The lowest BCUT2D eigenvalue weighted by Crippen LogP contribution is -2.13. The molecule has 17 heavy (non-hydrogen) atoms. The van der Waals surface area contributed by atoms with Crippen molar-refractivity contribution in [3.8, 4) is 0 Å². The highest BCUT2D eigenvalue weighted by atomic mass is 35.5. The van der Waals surface area contributed by atoms with Gasteiger partial charge in [0.25, 0.3) is 0 Å². The highest BCUT2D eigenvalue weighted by molar-refractivity contribution is 6.29. The van der Waals surface area contributed by atoms with Crippen molar-refractivity contribution >= 4 is 23.1 Å². The fourth-order valence-corrected chi connectivity index (χ4v) is 1.78. The van der Waals surface area contributed by atoms with Crippen LogP contribution in [0.4, 0.5) is 11.5 Å². The molecule has 0 saturated carbocycles. The van der Waals surface area contributed by atoms with Crippen LogP contribution in [0.5, 0.6) is 0 Å². The van der Waals surface area contributed by atoms with Crippen molar-refractivity contribution in [2.24, 2.45) is 7.05 Å². The number of aryl methyl sites for hydroxylation is 1. The lowest BCUT2D eigenvalue weighted by atomic mass is 10.3. The Kier molecular flexibility index (Phi) is 3.14. The number of hydrogen-bond acceptors (Lipinski definition) is 5. The van der Waals surface area contributed by atoms with Crippen molar-refractivity contribution in [1.29, 1.82) is 0 Å². The third kappa shape index (κ3) is 2.65. The first kappa shape index (κ1) is 11.7. The van der Waals surface area contributed by atoms with Crippen LogP contribution in [0.1, 0.15) is 18.8 Å². The van der Waals surface area contributed by atoms with Gasteiger partial charge >= 0.3 is 0 Å². The number of aromatic nitrogens is 4. The van der Waals surface area contributed by atoms with Gasteiger partial charge in [-0.2, -0.15) is 0 Å². The van der Waals surface area contributed by atoms with Gasteiger partial charge in [0.15, 0.2) is 5.82 Å². The van der Waals surface area contributed by atoms with E-state index in [2.05, 4.69) is 20.5 Å². The summed E-state index contributed by atoms with van der Waals surface area (Å²) in [6.45, 7) is 1.96. The summed E-state index contributed by atoms with van der Waals surface area (Å²) in [5, 5.41) is 11.4. The minimum absolute atomic E-state index is 0.0344. The molecule has 7 heteroatoms. The summed E-state index contributed by atoms with van der Waals surface area (Å²) in [6.07, 6.45) is 1.65. The number of halogens is 1. The van der Waals surface area contributed by atoms with E-state index in [4.69, 9.17) is 17.3 Å². The molecule has 2 aromatic heterocycles. The monoisotopic (exact) mass is 252 g/mol. The molecule has 1 unspecified atom stereocenters. The van der Waals surface area contributed by atoms with E-state index >= 15 is 0 Å². The third-order valence-electron chi connectivity index (χ3n) is 2.31. The molecule has 2 rings (SSSR count). The molecule has 0 radical (unpaired) electrons. The predicted octanol–water partition coefficient (Wildman–Crippen LogP) is 1.62. The average Bonchev–Trinajstić information content (AvgIpc) is 2.62. The van der Waals surface area contributed by atoms with Crippen LogP contribution in [0.2, 0.25) is 5.15 Å². The molecule has 0 aliphatic heterocycles. The zero-order valence-corrected chi connectivity index (χ0v) is 10.3. The van der Waals surface area contributed by atoms with E-state index in [0.29, 0.717) is 16.7 Å². The lowest BCUT2D eigenvalue weighted by molar-refractivity contribution is 0.716. The summed E-state index contributed by atoms with van der Waals surface area (Å²) in [5.41, 5.74) is 6.25. The number of nitrogen functional groups attached to an aromatic ring is 1. The van der Waals surface area contributed by atoms with E-state index in [9.17, 15) is 0 Å². The summed E-state index contributed by atoms with van der Waals surface area (Å²) in [6, 6.07) is 3.28. The molecule has 0 saturated heterocycles. The highest BCUT2D eigenvalue weighted by Crippen LogP contribution is 2.20. The number of nitrogens with one attached hydrogen (secondary N) is 1. The Morgan fingerprint density at radius 2 is 2.24 bits per heavy atom. The molecular weight excluding hydrogens is 240 g/mol. The van der Waals surface area contributed by atoms with Gasteiger partial charge in [-0.05, 0) is 13.0 Å². The van der Waals surface area contributed by atoms with E-state index in [1.54, 1.807) is 18.5 Å². The lowest BCUT2D eigenvalue weighted by Gasteiger charge is -2.13. The van der Waals surface area contributed by atoms with Gasteiger partial charge in [-0.25, -0.2) is 4.98 Å². The first-order valence-corrected chi connectivity index (χ1v) is 5.47. The van der Waals surface area contributed by atoms with E-state index in [1.165, 1.54) is 0 Å². The van der Waals surface area contributed by atoms with Crippen molar-refractivity contribution in [2.75, 3.05) is 11.1 Å². The summed E-state index contributed by atoms with van der Waals surface area (Å²) < 4.78 is 1.84. The molecule has 0 spiro atoms. The van der Waals surface area contributed by atoms with Gasteiger partial charge in [0.2, 0.25) is 0 Å². The third-order valence-corrected chi connectivity index (χ3v) is 2.51. The molecule has 2 aromatic rings. The summed E-state index contributed by atoms with van der Waals surface area (Å²) in [4.78, 5) is 4.13. The summed E-state index contributed by atoms with van der Waals surface area (Å²) >= 11 is 5.83. The summed E-state index contributed by atoms with van der Waals surface area (Å²) in [7, 11) is 1.88. The zero-order chi connectivity index (χ0) is 12.4. The van der Waals surface area contributed by atoms with Gasteiger partial charge in [0, 0.05) is 18.8 Å². The van der Waals surface area contributed by atoms with Crippen molar-refractivity contribution in [3.63, 3.8) is 0 Å². The Hall–Kier alpha value is -1.82. The first-order valence-electron chi connectivity index (χ1n) is 5.10. The molecular formula is C10H13ClN6. The number of pyridine rings is 1. The second-order valence-corrected chi connectivity index (χ2v) is 4.16. The SMILES string of the molecule is CC(Nc1cc(N)cc(Cl)n1)c1nncn1C. The Balaban J connectivity index is 2.18. The Bertz CT molecular complexity index is 503. The molecule has 0 aromatic carbocycles. The van der Waals surface area contributed by atoms with E-state index < -0.39 is 0 Å². The van der Waals surface area contributed by atoms with E-state index in [1.807, 2.05) is 18.5 Å². The number of nitrogens with zero attached hydrogens (tertiary/aromatic N) is 4. The molecule has 3 N–H and O–H groups in total. The maximum atomic E-state index is 5.83. The molecule has 0 aliphatic carbocycles. The Morgan fingerprint density at radius 3 is 2.82 bits per heavy atom. The standard InChI is InChI=1S/C10H13ClN6/c1-6(10-16-13-5-17(10)2)14-9-4-7(12)3-8(11)15-9/h3-6H,1-2H3,(H3,12,14,15). The van der Waals surface area contributed by atoms with Crippen molar-refractivity contribution in [3.05, 3.63) is 29.4 Å². The van der Waals surface area contributed by atoms with Gasteiger partial charge in [-0.3, -0.25) is 0 Å². The molecule has 6 nitrogen and oxygen atoms in total. The van der Waals surface area contributed by atoms with Crippen LogP contribution < -0.4 is 11.1 Å². The van der Waals surface area contributed by atoms with Crippen LogP contribution in [-0.4, -0.2) is 19.7 Å². The molecule has 0 bridgehead atoms. The van der Waals surface area contributed by atoms with Gasteiger partial charge in [-0.1, -0.05) is 11.6 Å². The number of nitrogens with two attached hydrogens (primary N) is 1. The normalized spacial score (nSPS) is 12.4. The second-order valence-electron chi connectivity index (χ2n) is 3.77. The van der Waals surface area contributed by atoms with Gasteiger partial charge in [-0.15, -0.1) is 10.2 Å². The maximum absolute atomic E-state index is 5.83. The van der Waals surface area contributed by atoms with Crippen LogP contribution in [0.25, 0.3) is 0 Å². The fraction of sp³-hybridized carbons (Fsp3) is 0.300. The van der Waals surface area contributed by atoms with Crippen molar-refractivity contribution in [2.45, 2.75) is 13.0 Å². The highest BCUT2D eigenvalue weighted by Gasteiger charge is 2.12. The fourth-order valence-electron chi connectivity index (χ4n) is 1.56. The number of rotatable bonds is 3. The van der Waals surface area contributed by atoms with Gasteiger partial charge in [0.05, 0.1) is 6.04 Å². The van der Waals surface area contributed by atoms with Gasteiger partial charge in [0.1, 0.15) is 17.3 Å². The zero-order valence-electron chi connectivity index (χ0n) is 9.55. The Morgan fingerprint density at radius 1 is 1.47 bits per heavy atom. The Labute approximate surface area is 104 Å². The average molecular weight is 253 g/mol. The van der Waals surface area contributed by atoms with Crippen LogP contribution in [0.3, 0.4) is 0 Å². The molecule has 2 heterocycles. The minimum Gasteiger partial charge on any atom is -0.399 e.